The minimum atomic E-state index is -0.413. The molecule has 0 aromatic heterocycles. The summed E-state index contributed by atoms with van der Waals surface area (Å²) in [6.07, 6.45) is 0.434. The van der Waals surface area contributed by atoms with Crippen LogP contribution >= 0.6 is 11.6 Å². The second-order valence-corrected chi connectivity index (χ2v) is 7.38. The van der Waals surface area contributed by atoms with Crippen LogP contribution in [0, 0.1) is 5.41 Å². The monoisotopic (exact) mass is 324 g/mol. The maximum Gasteiger partial charge on any atom is 0.250 e. The average Bonchev–Trinajstić information content (AvgIpc) is 2.47. The van der Waals surface area contributed by atoms with Gasteiger partial charge in [-0.2, -0.15) is 0 Å². The highest BCUT2D eigenvalue weighted by Gasteiger charge is 2.27. The van der Waals surface area contributed by atoms with E-state index in [-0.39, 0.29) is 17.4 Å². The molecule has 0 radical (unpaired) electrons. The van der Waals surface area contributed by atoms with Crippen LogP contribution in [0.2, 0.25) is 5.02 Å². The van der Waals surface area contributed by atoms with Gasteiger partial charge in [-0.05, 0) is 29.5 Å². The summed E-state index contributed by atoms with van der Waals surface area (Å²) < 4.78 is 5.53. The third kappa shape index (κ3) is 5.27. The first-order valence-electron chi connectivity index (χ1n) is 7.73. The zero-order valence-corrected chi connectivity index (χ0v) is 14.2. The summed E-state index contributed by atoms with van der Waals surface area (Å²) >= 11 is 5.96. The average molecular weight is 325 g/mol. The van der Waals surface area contributed by atoms with Crippen molar-refractivity contribution < 1.29 is 9.53 Å². The molecule has 1 amide bonds. The number of nitrogens with one attached hydrogen (secondary N) is 2. The van der Waals surface area contributed by atoms with E-state index >= 15 is 0 Å². The minimum absolute atomic E-state index is 0.0460. The molecule has 1 aromatic rings. The van der Waals surface area contributed by atoms with Crippen molar-refractivity contribution in [3.05, 3.63) is 34.9 Å². The molecule has 1 heterocycles. The van der Waals surface area contributed by atoms with E-state index in [2.05, 4.69) is 31.4 Å². The summed E-state index contributed by atoms with van der Waals surface area (Å²) in [6, 6.07) is 7.61. The lowest BCUT2D eigenvalue weighted by atomic mass is 9.85. The molecule has 1 aromatic carbocycles. The van der Waals surface area contributed by atoms with Crippen LogP contribution in [-0.2, 0) is 9.53 Å². The Morgan fingerprint density at radius 2 is 2.09 bits per heavy atom. The summed E-state index contributed by atoms with van der Waals surface area (Å²) in [7, 11) is 0. The molecule has 0 bridgehead atoms. The van der Waals surface area contributed by atoms with Crippen molar-refractivity contribution in [2.45, 2.75) is 39.3 Å². The van der Waals surface area contributed by atoms with E-state index in [1.54, 1.807) is 0 Å². The van der Waals surface area contributed by atoms with Crippen LogP contribution in [0.5, 0.6) is 0 Å². The van der Waals surface area contributed by atoms with Gasteiger partial charge in [0.1, 0.15) is 6.10 Å². The number of hydrogen-bond donors (Lipinski definition) is 2. The van der Waals surface area contributed by atoms with Crippen molar-refractivity contribution in [3.8, 4) is 0 Å². The summed E-state index contributed by atoms with van der Waals surface area (Å²) in [5.74, 6) is -0.0589. The summed E-state index contributed by atoms with van der Waals surface area (Å²) in [4.78, 5) is 12.4. The normalized spacial score (nSPS) is 20.5. The number of benzene rings is 1. The largest absolute Gasteiger partial charge is 0.366 e. The van der Waals surface area contributed by atoms with Gasteiger partial charge < -0.3 is 15.4 Å². The van der Waals surface area contributed by atoms with Crippen molar-refractivity contribution in [2.24, 2.45) is 5.41 Å². The van der Waals surface area contributed by atoms with Gasteiger partial charge in [-0.15, -0.1) is 0 Å². The van der Waals surface area contributed by atoms with Gasteiger partial charge in [0, 0.05) is 18.1 Å². The highest BCUT2D eigenvalue weighted by atomic mass is 35.5. The first kappa shape index (κ1) is 17.3. The number of amides is 1. The Balaban J connectivity index is 2.10. The molecule has 2 N–H and O–H groups in total. The van der Waals surface area contributed by atoms with Crippen molar-refractivity contribution >= 4 is 17.5 Å². The molecule has 0 spiro atoms. The van der Waals surface area contributed by atoms with E-state index in [0.29, 0.717) is 18.2 Å². The smallest absolute Gasteiger partial charge is 0.250 e. The van der Waals surface area contributed by atoms with Gasteiger partial charge in [0.15, 0.2) is 0 Å². The van der Waals surface area contributed by atoms with E-state index < -0.39 is 6.10 Å². The zero-order valence-electron chi connectivity index (χ0n) is 13.5. The maximum atomic E-state index is 12.4. The predicted molar refractivity (Wildman–Crippen MR) is 89.0 cm³/mol. The molecule has 2 atom stereocenters. The number of morpholine rings is 1. The van der Waals surface area contributed by atoms with E-state index in [0.717, 1.165) is 18.5 Å². The van der Waals surface area contributed by atoms with Crippen LogP contribution < -0.4 is 10.6 Å². The molecule has 2 rings (SSSR count). The Morgan fingerprint density at radius 1 is 1.41 bits per heavy atom. The molecular weight excluding hydrogens is 300 g/mol. The molecule has 1 aliphatic rings. The zero-order chi connectivity index (χ0) is 16.2. The lowest BCUT2D eigenvalue weighted by molar-refractivity contribution is -0.135. The third-order valence-corrected chi connectivity index (χ3v) is 3.88. The van der Waals surface area contributed by atoms with Crippen molar-refractivity contribution in [2.75, 3.05) is 19.7 Å². The van der Waals surface area contributed by atoms with E-state index in [4.69, 9.17) is 16.3 Å². The molecule has 1 saturated heterocycles. The number of ether oxygens (including phenoxy) is 1. The van der Waals surface area contributed by atoms with Crippen molar-refractivity contribution in [1.82, 2.24) is 10.6 Å². The van der Waals surface area contributed by atoms with Crippen LogP contribution in [-0.4, -0.2) is 31.7 Å². The summed E-state index contributed by atoms with van der Waals surface area (Å²) in [5, 5.41) is 7.01. The number of carbonyl (C=O) groups excluding carboxylic acids is 1. The fraction of sp³-hybridized carbons (Fsp3) is 0.588. The lowest BCUT2D eigenvalue weighted by Crippen LogP contribution is -2.48. The molecule has 0 aliphatic carbocycles. The van der Waals surface area contributed by atoms with Gasteiger partial charge >= 0.3 is 0 Å². The van der Waals surface area contributed by atoms with Gasteiger partial charge in [-0.25, -0.2) is 0 Å². The Hall–Kier alpha value is -1.10. The quantitative estimate of drug-likeness (QED) is 0.895. The van der Waals surface area contributed by atoms with Gasteiger partial charge in [-0.3, -0.25) is 4.79 Å². The van der Waals surface area contributed by atoms with Gasteiger partial charge in [0.25, 0.3) is 5.91 Å². The Labute approximate surface area is 137 Å². The first-order chi connectivity index (χ1) is 10.3. The van der Waals surface area contributed by atoms with Crippen molar-refractivity contribution in [1.29, 1.82) is 0 Å². The molecular formula is C17H25ClN2O2. The Bertz CT molecular complexity index is 490. The minimum Gasteiger partial charge on any atom is -0.366 e. The van der Waals surface area contributed by atoms with E-state index in [1.165, 1.54) is 0 Å². The van der Waals surface area contributed by atoms with Gasteiger partial charge in [0.05, 0.1) is 12.6 Å². The van der Waals surface area contributed by atoms with Crippen LogP contribution in [0.4, 0.5) is 0 Å². The number of carbonyl (C=O) groups is 1. The fourth-order valence-electron chi connectivity index (χ4n) is 2.56. The first-order valence-corrected chi connectivity index (χ1v) is 8.11. The predicted octanol–water partition coefficient (Wildman–Crippen LogP) is 2.92. The number of halogens is 1. The van der Waals surface area contributed by atoms with Crippen LogP contribution in [0.15, 0.2) is 24.3 Å². The van der Waals surface area contributed by atoms with Gasteiger partial charge in [0.2, 0.25) is 0 Å². The standard InChI is InChI=1S/C17H25ClN2O2/c1-17(2,3)10-14(12-4-6-13(18)7-5-12)20-16(21)15-11-19-8-9-22-15/h4-7,14-15,19H,8-11H2,1-3H3,(H,20,21). The number of rotatable bonds is 4. The molecule has 5 heteroatoms. The molecule has 22 heavy (non-hydrogen) atoms. The van der Waals surface area contributed by atoms with E-state index in [1.807, 2.05) is 24.3 Å². The Kier molecular flexibility index (Phi) is 5.84. The molecule has 1 aliphatic heterocycles. The molecule has 4 nitrogen and oxygen atoms in total. The second kappa shape index (κ2) is 7.44. The SMILES string of the molecule is CC(C)(C)CC(NC(=O)C1CNCCO1)c1ccc(Cl)cc1. The van der Waals surface area contributed by atoms with E-state index in [9.17, 15) is 4.79 Å². The fourth-order valence-corrected chi connectivity index (χ4v) is 2.68. The van der Waals surface area contributed by atoms with Gasteiger partial charge in [-0.1, -0.05) is 44.5 Å². The highest BCUT2D eigenvalue weighted by molar-refractivity contribution is 6.30. The molecule has 1 fully saturated rings. The molecule has 2 unspecified atom stereocenters. The van der Waals surface area contributed by atoms with Crippen LogP contribution in [0.25, 0.3) is 0 Å². The number of hydrogen-bond acceptors (Lipinski definition) is 3. The van der Waals surface area contributed by atoms with Crippen molar-refractivity contribution in [3.63, 3.8) is 0 Å². The van der Waals surface area contributed by atoms with Crippen LogP contribution in [0.3, 0.4) is 0 Å². The lowest BCUT2D eigenvalue weighted by Gasteiger charge is -2.30. The third-order valence-electron chi connectivity index (χ3n) is 3.63. The molecule has 122 valence electrons. The summed E-state index contributed by atoms with van der Waals surface area (Å²) in [6.45, 7) is 8.44. The summed E-state index contributed by atoms with van der Waals surface area (Å²) in [5.41, 5.74) is 1.17. The maximum absolute atomic E-state index is 12.4. The second-order valence-electron chi connectivity index (χ2n) is 6.94. The Morgan fingerprint density at radius 3 is 2.64 bits per heavy atom. The topological polar surface area (TPSA) is 50.4 Å². The van der Waals surface area contributed by atoms with Crippen LogP contribution in [0.1, 0.15) is 38.8 Å². The molecule has 0 saturated carbocycles. The highest BCUT2D eigenvalue weighted by Crippen LogP contribution is 2.30.